The summed E-state index contributed by atoms with van der Waals surface area (Å²) in [7, 11) is 1.99. The average molecular weight is 381 g/mol. The number of piperidine rings is 1. The molecule has 150 valence electrons. The molecule has 0 atom stereocenters. The van der Waals surface area contributed by atoms with Gasteiger partial charge in [0.25, 0.3) is 5.91 Å². The van der Waals surface area contributed by atoms with Crippen molar-refractivity contribution in [3.05, 3.63) is 65.2 Å². The van der Waals surface area contributed by atoms with Gasteiger partial charge in [-0.05, 0) is 60.7 Å². The van der Waals surface area contributed by atoms with Crippen molar-refractivity contribution in [3.63, 3.8) is 0 Å². The molecule has 0 unspecified atom stereocenters. The Kier molecular flexibility index (Phi) is 6.40. The van der Waals surface area contributed by atoms with Crippen LogP contribution in [0.3, 0.4) is 0 Å². The predicted octanol–water partition coefficient (Wildman–Crippen LogP) is 4.39. The minimum Gasteiger partial charge on any atom is -0.489 e. The number of hydrogen-bond acceptors (Lipinski definition) is 3. The lowest BCUT2D eigenvalue weighted by Crippen LogP contribution is -2.43. The Morgan fingerprint density at radius 3 is 2.18 bits per heavy atom. The number of likely N-dealkylation sites (tertiary alicyclic amines) is 1. The van der Waals surface area contributed by atoms with Crippen molar-refractivity contribution in [2.75, 3.05) is 20.1 Å². The Hall–Kier alpha value is -2.33. The summed E-state index contributed by atoms with van der Waals surface area (Å²) in [5, 5.41) is 3.30. The molecule has 0 aliphatic carbocycles. The van der Waals surface area contributed by atoms with E-state index in [0.717, 1.165) is 42.8 Å². The first kappa shape index (κ1) is 20.4. The van der Waals surface area contributed by atoms with Crippen LogP contribution in [-0.4, -0.2) is 37.0 Å². The summed E-state index contributed by atoms with van der Waals surface area (Å²) in [6, 6.07) is 16.6. The summed E-state index contributed by atoms with van der Waals surface area (Å²) >= 11 is 0. The van der Waals surface area contributed by atoms with Crippen LogP contribution in [0, 0.1) is 0 Å². The summed E-state index contributed by atoms with van der Waals surface area (Å²) in [5.74, 6) is 0.986. The van der Waals surface area contributed by atoms with Gasteiger partial charge in [-0.25, -0.2) is 0 Å². The fraction of sp³-hybridized carbons (Fsp3) is 0.458. The number of ether oxygens (including phenoxy) is 1. The molecule has 4 heteroatoms. The molecule has 0 radical (unpaired) electrons. The lowest BCUT2D eigenvalue weighted by atomic mass is 9.87. The molecule has 1 fully saturated rings. The van der Waals surface area contributed by atoms with E-state index in [-0.39, 0.29) is 11.3 Å². The third kappa shape index (κ3) is 5.14. The maximum Gasteiger partial charge on any atom is 0.253 e. The average Bonchev–Trinajstić information content (AvgIpc) is 2.72. The molecule has 1 aliphatic heterocycles. The Balaban J connectivity index is 1.54. The highest BCUT2D eigenvalue weighted by Crippen LogP contribution is 2.24. The zero-order valence-corrected chi connectivity index (χ0v) is 17.5. The van der Waals surface area contributed by atoms with Crippen LogP contribution in [0.4, 0.5) is 0 Å². The Morgan fingerprint density at radius 1 is 1.04 bits per heavy atom. The molecular weight excluding hydrogens is 348 g/mol. The smallest absolute Gasteiger partial charge is 0.253 e. The number of hydrogen-bond donors (Lipinski definition) is 1. The summed E-state index contributed by atoms with van der Waals surface area (Å²) in [5.41, 5.74) is 3.25. The van der Waals surface area contributed by atoms with E-state index in [4.69, 9.17) is 4.74 Å². The second kappa shape index (κ2) is 8.78. The molecule has 1 aliphatic rings. The van der Waals surface area contributed by atoms with Crippen LogP contribution in [0.2, 0.25) is 0 Å². The van der Waals surface area contributed by atoms with Gasteiger partial charge in [-0.15, -0.1) is 0 Å². The van der Waals surface area contributed by atoms with Crippen molar-refractivity contribution >= 4 is 5.91 Å². The van der Waals surface area contributed by atoms with E-state index >= 15 is 0 Å². The Labute approximate surface area is 168 Å². The highest BCUT2D eigenvalue weighted by atomic mass is 16.5. The number of carbonyl (C=O) groups excluding carboxylic acids is 1. The molecule has 1 saturated heterocycles. The highest BCUT2D eigenvalue weighted by molar-refractivity contribution is 5.94. The predicted molar refractivity (Wildman–Crippen MR) is 114 cm³/mol. The van der Waals surface area contributed by atoms with E-state index in [1.54, 1.807) is 0 Å². The van der Waals surface area contributed by atoms with Crippen LogP contribution in [0.15, 0.2) is 48.5 Å². The molecular formula is C24H32N2O2. The fourth-order valence-corrected chi connectivity index (χ4v) is 3.52. The van der Waals surface area contributed by atoms with Crippen molar-refractivity contribution in [2.24, 2.45) is 0 Å². The van der Waals surface area contributed by atoms with Crippen LogP contribution in [-0.2, 0) is 12.0 Å². The van der Waals surface area contributed by atoms with Gasteiger partial charge >= 0.3 is 0 Å². The lowest BCUT2D eigenvalue weighted by Gasteiger charge is -2.31. The maximum absolute atomic E-state index is 12.7. The Morgan fingerprint density at radius 2 is 1.64 bits per heavy atom. The molecule has 1 N–H and O–H groups in total. The number of rotatable bonds is 5. The van der Waals surface area contributed by atoms with E-state index in [0.29, 0.717) is 12.6 Å². The van der Waals surface area contributed by atoms with Crippen LogP contribution < -0.4 is 10.1 Å². The molecule has 0 saturated carbocycles. The summed E-state index contributed by atoms with van der Waals surface area (Å²) in [4.78, 5) is 14.6. The van der Waals surface area contributed by atoms with Crippen LogP contribution in [0.1, 0.15) is 55.1 Å². The van der Waals surface area contributed by atoms with Crippen molar-refractivity contribution in [1.82, 2.24) is 10.2 Å². The molecule has 1 heterocycles. The number of amides is 1. The first-order valence-corrected chi connectivity index (χ1v) is 10.2. The van der Waals surface area contributed by atoms with E-state index < -0.39 is 0 Å². The van der Waals surface area contributed by atoms with Crippen molar-refractivity contribution < 1.29 is 9.53 Å². The zero-order chi connectivity index (χ0) is 20.1. The fourth-order valence-electron chi connectivity index (χ4n) is 3.52. The van der Waals surface area contributed by atoms with Gasteiger partial charge in [-0.2, -0.15) is 0 Å². The van der Waals surface area contributed by atoms with Gasteiger partial charge in [0, 0.05) is 24.7 Å². The largest absolute Gasteiger partial charge is 0.489 e. The normalized spacial score (nSPS) is 15.5. The molecule has 0 bridgehead atoms. The van der Waals surface area contributed by atoms with Crippen LogP contribution in [0.5, 0.6) is 5.75 Å². The molecule has 0 aromatic heterocycles. The standard InChI is InChI=1S/C24H32N2O2/c1-24(2,3)20-9-11-22(12-10-20)28-17-18-5-7-19(8-6-18)23(27)26-15-13-21(25-4)14-16-26/h5-12,21,25H,13-17H2,1-4H3. The van der Waals surface area contributed by atoms with Gasteiger partial charge in [-0.3, -0.25) is 4.79 Å². The first-order valence-electron chi connectivity index (χ1n) is 10.2. The summed E-state index contributed by atoms with van der Waals surface area (Å²) in [6.45, 7) is 8.74. The maximum atomic E-state index is 12.7. The third-order valence-corrected chi connectivity index (χ3v) is 5.52. The van der Waals surface area contributed by atoms with Gasteiger partial charge in [0.15, 0.2) is 0 Å². The topological polar surface area (TPSA) is 41.6 Å². The molecule has 28 heavy (non-hydrogen) atoms. The molecule has 2 aromatic rings. The third-order valence-electron chi connectivity index (χ3n) is 5.52. The van der Waals surface area contributed by atoms with Crippen molar-refractivity contribution in [3.8, 4) is 5.75 Å². The Bertz CT molecular complexity index is 768. The minimum atomic E-state index is 0.125. The molecule has 0 spiro atoms. The van der Waals surface area contributed by atoms with Gasteiger partial charge in [0.1, 0.15) is 12.4 Å². The highest BCUT2D eigenvalue weighted by Gasteiger charge is 2.22. The molecule has 2 aromatic carbocycles. The first-order chi connectivity index (χ1) is 13.4. The monoisotopic (exact) mass is 380 g/mol. The van der Waals surface area contributed by atoms with E-state index in [1.807, 2.05) is 48.3 Å². The minimum absolute atomic E-state index is 0.125. The number of nitrogens with zero attached hydrogens (tertiary/aromatic N) is 1. The van der Waals surface area contributed by atoms with Crippen LogP contribution in [0.25, 0.3) is 0 Å². The molecule has 1 amide bonds. The number of nitrogens with one attached hydrogen (secondary N) is 1. The number of carbonyl (C=O) groups is 1. The molecule has 3 rings (SSSR count). The van der Waals surface area contributed by atoms with Gasteiger partial charge in [-0.1, -0.05) is 45.0 Å². The van der Waals surface area contributed by atoms with Crippen LogP contribution >= 0.6 is 0 Å². The lowest BCUT2D eigenvalue weighted by molar-refractivity contribution is 0.0707. The van der Waals surface area contributed by atoms with E-state index in [1.165, 1.54) is 5.56 Å². The second-order valence-electron chi connectivity index (χ2n) is 8.62. The molecule has 4 nitrogen and oxygen atoms in total. The van der Waals surface area contributed by atoms with Gasteiger partial charge < -0.3 is 15.0 Å². The van der Waals surface area contributed by atoms with Gasteiger partial charge in [0.2, 0.25) is 0 Å². The number of benzene rings is 2. The van der Waals surface area contributed by atoms with Crippen molar-refractivity contribution in [1.29, 1.82) is 0 Å². The van der Waals surface area contributed by atoms with E-state index in [2.05, 4.69) is 38.2 Å². The van der Waals surface area contributed by atoms with E-state index in [9.17, 15) is 4.79 Å². The summed E-state index contributed by atoms with van der Waals surface area (Å²) < 4.78 is 5.90. The summed E-state index contributed by atoms with van der Waals surface area (Å²) in [6.07, 6.45) is 2.03. The SMILES string of the molecule is CNC1CCN(C(=O)c2ccc(COc3ccc(C(C)(C)C)cc3)cc2)CC1. The second-order valence-corrected chi connectivity index (χ2v) is 8.62. The zero-order valence-electron chi connectivity index (χ0n) is 17.5. The van der Waals surface area contributed by atoms with Gasteiger partial charge in [0.05, 0.1) is 0 Å². The quantitative estimate of drug-likeness (QED) is 0.837. The van der Waals surface area contributed by atoms with Crippen molar-refractivity contribution in [2.45, 2.75) is 51.7 Å².